The smallest absolute Gasteiger partial charge is 0.379 e. The number of carbonyl (C=O) groups is 1. The topological polar surface area (TPSA) is 180 Å². The Morgan fingerprint density at radius 1 is 1.27 bits per heavy atom. The van der Waals surface area contributed by atoms with Gasteiger partial charge in [-0.3, -0.25) is 10.1 Å². The standard InChI is InChI=1S/C23H21N7O6S/c1-33-10-11-35-19-14(18-13(6-8-24)4-3-5-15(18)34-2)12-16(36-21(19)32)20(31)27-22-28-29-23(37-22)30-17(25)7-9-26-30/h3-5,7,9,12H,6,10-11,25H2,1-2H3,(H,27,28,31). The number of benzene rings is 1. The van der Waals surface area contributed by atoms with Crippen molar-refractivity contribution in [2.24, 2.45) is 0 Å². The summed E-state index contributed by atoms with van der Waals surface area (Å²) in [6.07, 6.45) is 1.52. The average Bonchev–Trinajstić information content (AvgIpc) is 3.53. The Balaban J connectivity index is 1.75. The minimum Gasteiger partial charge on any atom is -0.496 e. The van der Waals surface area contributed by atoms with Crippen LogP contribution in [0.5, 0.6) is 11.5 Å². The minimum atomic E-state index is -0.894. The van der Waals surface area contributed by atoms with Gasteiger partial charge >= 0.3 is 5.63 Å². The van der Waals surface area contributed by atoms with Gasteiger partial charge in [-0.15, -0.1) is 10.2 Å². The van der Waals surface area contributed by atoms with Gasteiger partial charge in [-0.25, -0.2) is 4.79 Å². The normalized spacial score (nSPS) is 10.6. The fourth-order valence-electron chi connectivity index (χ4n) is 3.41. The first-order valence-corrected chi connectivity index (χ1v) is 11.6. The van der Waals surface area contributed by atoms with Crippen LogP contribution in [0, 0.1) is 11.3 Å². The van der Waals surface area contributed by atoms with Crippen LogP contribution in [0.4, 0.5) is 10.9 Å². The molecule has 3 heterocycles. The van der Waals surface area contributed by atoms with Gasteiger partial charge in [0.15, 0.2) is 5.76 Å². The van der Waals surface area contributed by atoms with Crippen LogP contribution in [0.2, 0.25) is 0 Å². The van der Waals surface area contributed by atoms with E-state index in [4.69, 9.17) is 24.4 Å². The first kappa shape index (κ1) is 25.4. The molecular weight excluding hydrogens is 502 g/mol. The summed E-state index contributed by atoms with van der Waals surface area (Å²) in [6.45, 7) is 0.255. The zero-order valence-electron chi connectivity index (χ0n) is 19.8. The molecule has 0 spiro atoms. The summed E-state index contributed by atoms with van der Waals surface area (Å²) in [5, 5.41) is 24.3. The zero-order valence-corrected chi connectivity index (χ0v) is 20.6. The molecule has 0 saturated heterocycles. The molecule has 1 aromatic carbocycles. The van der Waals surface area contributed by atoms with E-state index in [1.165, 1.54) is 31.2 Å². The van der Waals surface area contributed by atoms with Crippen LogP contribution in [0.25, 0.3) is 16.3 Å². The van der Waals surface area contributed by atoms with Crippen LogP contribution < -0.4 is 26.1 Å². The Labute approximate surface area is 214 Å². The highest BCUT2D eigenvalue weighted by molar-refractivity contribution is 7.17. The van der Waals surface area contributed by atoms with E-state index in [9.17, 15) is 14.9 Å². The number of methoxy groups -OCH3 is 2. The van der Waals surface area contributed by atoms with Crippen molar-refractivity contribution in [3.63, 3.8) is 0 Å². The van der Waals surface area contributed by atoms with Crippen molar-refractivity contribution in [2.75, 3.05) is 38.5 Å². The van der Waals surface area contributed by atoms with Crippen molar-refractivity contribution in [2.45, 2.75) is 6.42 Å². The molecular formula is C23H21N7O6S. The Kier molecular flexibility index (Phi) is 7.77. The van der Waals surface area contributed by atoms with E-state index in [1.54, 1.807) is 24.3 Å². The number of rotatable bonds is 10. The number of nitrogens with one attached hydrogen (secondary N) is 1. The number of aromatic nitrogens is 4. The quantitative estimate of drug-likeness (QED) is 0.291. The van der Waals surface area contributed by atoms with Crippen molar-refractivity contribution in [1.29, 1.82) is 5.26 Å². The molecule has 3 aromatic heterocycles. The lowest BCUT2D eigenvalue weighted by Crippen LogP contribution is -2.18. The van der Waals surface area contributed by atoms with Gasteiger partial charge < -0.3 is 24.4 Å². The minimum absolute atomic E-state index is 0.0237. The van der Waals surface area contributed by atoms with Crippen molar-refractivity contribution >= 4 is 28.2 Å². The molecule has 190 valence electrons. The van der Waals surface area contributed by atoms with Crippen LogP contribution in [0.15, 0.2) is 45.7 Å². The number of ether oxygens (including phenoxy) is 3. The number of hydrogen-bond acceptors (Lipinski definition) is 12. The summed E-state index contributed by atoms with van der Waals surface area (Å²) in [5.74, 6) is -0.492. The highest BCUT2D eigenvalue weighted by Crippen LogP contribution is 2.38. The molecule has 0 aliphatic carbocycles. The number of anilines is 2. The second-order valence-electron chi connectivity index (χ2n) is 7.32. The maximum absolute atomic E-state index is 13.1. The third-order valence-corrected chi connectivity index (χ3v) is 5.84. The highest BCUT2D eigenvalue weighted by atomic mass is 32.1. The van der Waals surface area contributed by atoms with E-state index in [1.807, 2.05) is 0 Å². The lowest BCUT2D eigenvalue weighted by atomic mass is 9.96. The third-order valence-electron chi connectivity index (χ3n) is 5.03. The van der Waals surface area contributed by atoms with Crippen molar-refractivity contribution in [3.05, 3.63) is 58.3 Å². The maximum atomic E-state index is 13.1. The molecule has 0 atom stereocenters. The van der Waals surface area contributed by atoms with Gasteiger partial charge in [0.05, 0.1) is 32.4 Å². The van der Waals surface area contributed by atoms with Crippen molar-refractivity contribution in [3.8, 4) is 33.8 Å². The molecule has 0 aliphatic heterocycles. The Morgan fingerprint density at radius 2 is 2.11 bits per heavy atom. The van der Waals surface area contributed by atoms with Gasteiger partial charge in [-0.05, 0) is 17.7 Å². The van der Waals surface area contributed by atoms with Gasteiger partial charge in [0, 0.05) is 24.3 Å². The van der Waals surface area contributed by atoms with E-state index in [-0.39, 0.29) is 41.8 Å². The average molecular weight is 524 g/mol. The predicted octanol–water partition coefficient (Wildman–Crippen LogP) is 2.28. The molecule has 1 amide bonds. The van der Waals surface area contributed by atoms with Gasteiger partial charge in [0.2, 0.25) is 16.0 Å². The predicted molar refractivity (Wildman–Crippen MR) is 133 cm³/mol. The maximum Gasteiger partial charge on any atom is 0.379 e. The molecule has 3 N–H and O–H groups in total. The summed E-state index contributed by atoms with van der Waals surface area (Å²) in [6, 6.07) is 10.1. The molecule has 0 radical (unpaired) electrons. The fraction of sp³-hybridized carbons (Fsp3) is 0.217. The number of carbonyl (C=O) groups excluding carboxylic acids is 1. The molecule has 0 fully saturated rings. The number of nitrogen functional groups attached to an aromatic ring is 1. The summed E-state index contributed by atoms with van der Waals surface area (Å²) in [5.41, 5.74) is 6.16. The van der Waals surface area contributed by atoms with Gasteiger partial charge in [-0.1, -0.05) is 23.5 Å². The molecule has 0 bridgehead atoms. The first-order chi connectivity index (χ1) is 18.0. The fourth-order valence-corrected chi connectivity index (χ4v) is 4.13. The second kappa shape index (κ2) is 11.3. The van der Waals surface area contributed by atoms with E-state index >= 15 is 0 Å². The van der Waals surface area contributed by atoms with E-state index in [0.717, 1.165) is 11.3 Å². The monoisotopic (exact) mass is 523 g/mol. The number of amides is 1. The lowest BCUT2D eigenvalue weighted by Gasteiger charge is -2.16. The zero-order chi connectivity index (χ0) is 26.4. The van der Waals surface area contributed by atoms with Crippen LogP contribution in [0.1, 0.15) is 16.1 Å². The number of nitriles is 1. The summed E-state index contributed by atoms with van der Waals surface area (Å²) in [4.78, 5) is 26.0. The van der Waals surface area contributed by atoms with Gasteiger partial charge in [0.1, 0.15) is 18.2 Å². The number of nitrogens with two attached hydrogens (primary N) is 1. The molecule has 37 heavy (non-hydrogen) atoms. The van der Waals surface area contributed by atoms with Gasteiger partial charge in [0.25, 0.3) is 5.91 Å². The van der Waals surface area contributed by atoms with Crippen LogP contribution in [0.3, 0.4) is 0 Å². The van der Waals surface area contributed by atoms with Crippen LogP contribution >= 0.6 is 11.3 Å². The first-order valence-electron chi connectivity index (χ1n) is 10.7. The van der Waals surface area contributed by atoms with Crippen molar-refractivity contribution in [1.82, 2.24) is 20.0 Å². The molecule has 0 unspecified atom stereocenters. The molecule has 0 aliphatic rings. The Hall–Kier alpha value is -4.74. The SMILES string of the molecule is COCCOc1c(-c2c(CC#N)cccc2OC)cc(C(=O)Nc2nnc(-n3nccc3N)s2)oc1=O. The van der Waals surface area contributed by atoms with E-state index in [0.29, 0.717) is 27.8 Å². The summed E-state index contributed by atoms with van der Waals surface area (Å²) >= 11 is 1.02. The Bertz CT molecular complexity index is 1520. The summed E-state index contributed by atoms with van der Waals surface area (Å²) in [7, 11) is 2.95. The largest absolute Gasteiger partial charge is 0.496 e. The third kappa shape index (κ3) is 5.42. The van der Waals surface area contributed by atoms with Crippen LogP contribution in [-0.2, 0) is 11.2 Å². The number of hydrogen-bond donors (Lipinski definition) is 2. The lowest BCUT2D eigenvalue weighted by molar-refractivity contribution is 0.0990. The molecule has 13 nitrogen and oxygen atoms in total. The summed E-state index contributed by atoms with van der Waals surface area (Å²) < 4.78 is 22.8. The molecule has 14 heteroatoms. The van der Waals surface area contributed by atoms with Crippen LogP contribution in [-0.4, -0.2) is 53.3 Å². The highest BCUT2D eigenvalue weighted by Gasteiger charge is 2.24. The van der Waals surface area contributed by atoms with Gasteiger partial charge in [-0.2, -0.15) is 15.0 Å². The molecule has 4 rings (SSSR count). The molecule has 4 aromatic rings. The Morgan fingerprint density at radius 3 is 2.81 bits per heavy atom. The molecule has 0 saturated carbocycles. The second-order valence-corrected chi connectivity index (χ2v) is 8.28. The van der Waals surface area contributed by atoms with E-state index < -0.39 is 11.5 Å². The van der Waals surface area contributed by atoms with E-state index in [2.05, 4.69) is 26.7 Å². The van der Waals surface area contributed by atoms with Crippen molar-refractivity contribution < 1.29 is 23.4 Å². The number of nitrogens with zero attached hydrogens (tertiary/aromatic N) is 5.